The van der Waals surface area contributed by atoms with Crippen molar-refractivity contribution in [3.63, 3.8) is 0 Å². The highest BCUT2D eigenvalue weighted by Crippen LogP contribution is 2.30. The standard InChI is InChI=1S/C14H18ClFN2O/c15-12-4-3-9(16)6-11(12)14(17)13-7-18-5-1-2-10(18)8-19-13/h3-4,6,10,13-14H,1-2,5,7-8,17H2. The summed E-state index contributed by atoms with van der Waals surface area (Å²) in [6.07, 6.45) is 2.30. The number of ether oxygens (including phenoxy) is 1. The van der Waals surface area contributed by atoms with Gasteiger partial charge in [-0.05, 0) is 43.1 Å². The molecule has 2 N–H and O–H groups in total. The summed E-state index contributed by atoms with van der Waals surface area (Å²) in [6.45, 7) is 2.62. The molecule has 0 radical (unpaired) electrons. The van der Waals surface area contributed by atoms with Crippen LogP contribution in [0, 0.1) is 5.82 Å². The Morgan fingerprint density at radius 1 is 1.47 bits per heavy atom. The van der Waals surface area contributed by atoms with Crippen molar-refractivity contribution in [2.75, 3.05) is 19.7 Å². The molecule has 0 spiro atoms. The molecule has 3 rings (SSSR count). The third-order valence-electron chi connectivity index (χ3n) is 4.13. The zero-order chi connectivity index (χ0) is 13.4. The Kier molecular flexibility index (Phi) is 3.76. The van der Waals surface area contributed by atoms with Gasteiger partial charge in [0.1, 0.15) is 5.82 Å². The summed E-state index contributed by atoms with van der Waals surface area (Å²) >= 11 is 6.11. The number of benzene rings is 1. The second-order valence-electron chi connectivity index (χ2n) is 5.35. The molecule has 104 valence electrons. The Bertz CT molecular complexity index is 471. The molecule has 0 bridgehead atoms. The zero-order valence-corrected chi connectivity index (χ0v) is 11.4. The maximum Gasteiger partial charge on any atom is 0.123 e. The molecular weight excluding hydrogens is 267 g/mol. The van der Waals surface area contributed by atoms with E-state index in [1.54, 1.807) is 6.07 Å². The molecule has 2 aliphatic rings. The van der Waals surface area contributed by atoms with Crippen LogP contribution in [-0.4, -0.2) is 36.7 Å². The van der Waals surface area contributed by atoms with Crippen LogP contribution in [0.5, 0.6) is 0 Å². The third kappa shape index (κ3) is 2.63. The fourth-order valence-corrected chi connectivity index (χ4v) is 3.27. The summed E-state index contributed by atoms with van der Waals surface area (Å²) in [7, 11) is 0. The Hall–Kier alpha value is -0.680. The lowest BCUT2D eigenvalue weighted by Gasteiger charge is -2.38. The number of fused-ring (bicyclic) bond motifs is 1. The van der Waals surface area contributed by atoms with Crippen molar-refractivity contribution in [2.45, 2.75) is 31.0 Å². The topological polar surface area (TPSA) is 38.5 Å². The van der Waals surface area contributed by atoms with Crippen LogP contribution in [0.25, 0.3) is 0 Å². The lowest BCUT2D eigenvalue weighted by molar-refractivity contribution is -0.0597. The van der Waals surface area contributed by atoms with Crippen LogP contribution in [0.1, 0.15) is 24.4 Å². The van der Waals surface area contributed by atoms with Crippen molar-refractivity contribution >= 4 is 11.6 Å². The summed E-state index contributed by atoms with van der Waals surface area (Å²) in [6, 6.07) is 4.45. The molecule has 1 aromatic rings. The van der Waals surface area contributed by atoms with E-state index in [1.165, 1.54) is 25.0 Å². The molecule has 2 heterocycles. The summed E-state index contributed by atoms with van der Waals surface area (Å²) in [4.78, 5) is 2.42. The van der Waals surface area contributed by atoms with E-state index < -0.39 is 0 Å². The van der Waals surface area contributed by atoms with Gasteiger partial charge in [-0.25, -0.2) is 4.39 Å². The number of rotatable bonds is 2. The van der Waals surface area contributed by atoms with Crippen LogP contribution in [0.3, 0.4) is 0 Å². The summed E-state index contributed by atoms with van der Waals surface area (Å²) in [5, 5.41) is 0.501. The smallest absolute Gasteiger partial charge is 0.123 e. The normalized spacial score (nSPS) is 29.2. The van der Waals surface area contributed by atoms with Gasteiger partial charge in [0.05, 0.1) is 18.8 Å². The minimum absolute atomic E-state index is 0.117. The minimum atomic E-state index is -0.384. The van der Waals surface area contributed by atoms with Gasteiger partial charge in [-0.2, -0.15) is 0 Å². The van der Waals surface area contributed by atoms with Gasteiger partial charge in [-0.3, -0.25) is 4.90 Å². The monoisotopic (exact) mass is 284 g/mol. The van der Waals surface area contributed by atoms with Gasteiger partial charge >= 0.3 is 0 Å². The van der Waals surface area contributed by atoms with Crippen molar-refractivity contribution in [1.29, 1.82) is 0 Å². The molecule has 2 fully saturated rings. The number of nitrogens with two attached hydrogens (primary N) is 1. The van der Waals surface area contributed by atoms with E-state index in [0.29, 0.717) is 23.2 Å². The Labute approximate surface area is 117 Å². The van der Waals surface area contributed by atoms with Gasteiger partial charge in [-0.15, -0.1) is 0 Å². The van der Waals surface area contributed by atoms with Crippen molar-refractivity contribution in [3.05, 3.63) is 34.6 Å². The van der Waals surface area contributed by atoms with E-state index in [2.05, 4.69) is 4.90 Å². The highest BCUT2D eigenvalue weighted by atomic mass is 35.5. The summed E-state index contributed by atoms with van der Waals surface area (Å²) in [5.41, 5.74) is 6.85. The molecule has 3 unspecified atom stereocenters. The molecule has 2 aliphatic heterocycles. The number of hydrogen-bond donors (Lipinski definition) is 1. The number of hydrogen-bond acceptors (Lipinski definition) is 3. The van der Waals surface area contributed by atoms with Crippen molar-refractivity contribution in [2.24, 2.45) is 5.73 Å². The average Bonchev–Trinajstić information content (AvgIpc) is 2.88. The molecule has 19 heavy (non-hydrogen) atoms. The summed E-state index contributed by atoms with van der Waals surface area (Å²) in [5.74, 6) is -0.315. The number of halogens is 2. The van der Waals surface area contributed by atoms with Gasteiger partial charge in [0.15, 0.2) is 0 Å². The van der Waals surface area contributed by atoms with Gasteiger partial charge in [0.25, 0.3) is 0 Å². The molecule has 0 saturated carbocycles. The van der Waals surface area contributed by atoms with E-state index in [4.69, 9.17) is 22.1 Å². The van der Waals surface area contributed by atoms with Crippen LogP contribution >= 0.6 is 11.6 Å². The first-order valence-electron chi connectivity index (χ1n) is 6.71. The Morgan fingerprint density at radius 3 is 3.16 bits per heavy atom. The van der Waals surface area contributed by atoms with E-state index in [0.717, 1.165) is 13.1 Å². The predicted octanol–water partition coefficient (Wildman–Crippen LogP) is 2.34. The van der Waals surface area contributed by atoms with E-state index in [9.17, 15) is 4.39 Å². The lowest BCUT2D eigenvalue weighted by Crippen LogP contribution is -2.49. The Morgan fingerprint density at radius 2 is 2.32 bits per heavy atom. The molecule has 3 atom stereocenters. The highest BCUT2D eigenvalue weighted by Gasteiger charge is 2.35. The first kappa shape index (κ1) is 13.3. The van der Waals surface area contributed by atoms with Crippen molar-refractivity contribution in [3.8, 4) is 0 Å². The zero-order valence-electron chi connectivity index (χ0n) is 10.7. The van der Waals surface area contributed by atoms with Crippen LogP contribution in [0.2, 0.25) is 5.02 Å². The molecule has 1 aromatic carbocycles. The average molecular weight is 285 g/mol. The van der Waals surface area contributed by atoms with E-state index in [-0.39, 0.29) is 18.0 Å². The molecule has 0 aliphatic carbocycles. The quantitative estimate of drug-likeness (QED) is 0.906. The fourth-order valence-electron chi connectivity index (χ4n) is 3.03. The second-order valence-corrected chi connectivity index (χ2v) is 5.76. The maximum atomic E-state index is 13.3. The molecule has 0 amide bonds. The molecule has 0 aromatic heterocycles. The molecule has 3 nitrogen and oxygen atoms in total. The number of morpholine rings is 1. The first-order chi connectivity index (χ1) is 9.15. The summed E-state index contributed by atoms with van der Waals surface area (Å²) < 4.78 is 19.2. The van der Waals surface area contributed by atoms with E-state index in [1.807, 2.05) is 0 Å². The lowest BCUT2D eigenvalue weighted by atomic mass is 10.00. The maximum absolute atomic E-state index is 13.3. The molecular formula is C14H18ClFN2O. The van der Waals surface area contributed by atoms with Crippen LogP contribution in [-0.2, 0) is 4.74 Å². The third-order valence-corrected chi connectivity index (χ3v) is 4.48. The van der Waals surface area contributed by atoms with Gasteiger partial charge in [0.2, 0.25) is 0 Å². The predicted molar refractivity (Wildman–Crippen MR) is 72.7 cm³/mol. The van der Waals surface area contributed by atoms with Gasteiger partial charge in [-0.1, -0.05) is 11.6 Å². The van der Waals surface area contributed by atoms with Crippen LogP contribution < -0.4 is 5.73 Å². The van der Waals surface area contributed by atoms with Crippen molar-refractivity contribution in [1.82, 2.24) is 4.90 Å². The van der Waals surface area contributed by atoms with Gasteiger partial charge < -0.3 is 10.5 Å². The Balaban J connectivity index is 1.76. The van der Waals surface area contributed by atoms with Crippen LogP contribution in [0.4, 0.5) is 4.39 Å². The largest absolute Gasteiger partial charge is 0.373 e. The SMILES string of the molecule is NC(c1cc(F)ccc1Cl)C1CN2CCCC2CO1. The fraction of sp³-hybridized carbons (Fsp3) is 0.571. The van der Waals surface area contributed by atoms with E-state index >= 15 is 0 Å². The number of nitrogens with zero attached hydrogens (tertiary/aromatic N) is 1. The first-order valence-corrected chi connectivity index (χ1v) is 7.09. The molecule has 5 heteroatoms. The second kappa shape index (κ2) is 5.37. The molecule has 2 saturated heterocycles. The van der Waals surface area contributed by atoms with Crippen LogP contribution in [0.15, 0.2) is 18.2 Å². The minimum Gasteiger partial charge on any atom is -0.373 e. The van der Waals surface area contributed by atoms with Crippen molar-refractivity contribution < 1.29 is 9.13 Å². The highest BCUT2D eigenvalue weighted by molar-refractivity contribution is 6.31. The van der Waals surface area contributed by atoms with Gasteiger partial charge in [0, 0.05) is 17.6 Å².